The molecule has 1 aliphatic heterocycles. The number of pyridine rings is 1. The lowest BCUT2D eigenvalue weighted by Crippen LogP contribution is -2.39. The van der Waals surface area contributed by atoms with Gasteiger partial charge in [0, 0.05) is 38.1 Å². The van der Waals surface area contributed by atoms with E-state index < -0.39 is 10.0 Å². The van der Waals surface area contributed by atoms with Gasteiger partial charge in [0.2, 0.25) is 10.0 Å². The van der Waals surface area contributed by atoms with Crippen molar-refractivity contribution in [2.45, 2.75) is 19.8 Å². The highest BCUT2D eigenvalue weighted by Gasteiger charge is 2.24. The maximum absolute atomic E-state index is 11.6. The topological polar surface area (TPSA) is 62.7 Å². The quantitative estimate of drug-likeness (QED) is 0.802. The number of fused-ring (bicyclic) bond motifs is 1. The van der Waals surface area contributed by atoms with Crippen molar-refractivity contribution in [2.75, 3.05) is 44.9 Å². The van der Waals surface area contributed by atoms with Crippen LogP contribution in [-0.4, -0.2) is 57.8 Å². The molecule has 1 fully saturated rings. The molecule has 1 saturated heterocycles. The Morgan fingerprint density at radius 1 is 1.27 bits per heavy atom. The van der Waals surface area contributed by atoms with Gasteiger partial charge >= 0.3 is 0 Å². The molecule has 1 aliphatic rings. The van der Waals surface area contributed by atoms with Gasteiger partial charge in [0.1, 0.15) is 11.6 Å². The molecule has 0 aliphatic carbocycles. The molecular weight excluding hydrogens is 350 g/mol. The van der Waals surface area contributed by atoms with Crippen molar-refractivity contribution in [1.29, 1.82) is 0 Å². The monoisotopic (exact) mass is 377 g/mol. The van der Waals surface area contributed by atoms with Crippen LogP contribution in [0.25, 0.3) is 10.9 Å². The molecule has 0 saturated carbocycles. The Kier molecular flexibility index (Phi) is 5.39. The van der Waals surface area contributed by atoms with E-state index in [4.69, 9.17) is 9.72 Å². The van der Waals surface area contributed by atoms with Gasteiger partial charge < -0.3 is 9.64 Å². The Bertz CT molecular complexity index is 890. The van der Waals surface area contributed by atoms with E-state index in [1.807, 2.05) is 18.2 Å². The third-order valence-electron chi connectivity index (χ3n) is 5.23. The molecule has 1 aromatic carbocycles. The summed E-state index contributed by atoms with van der Waals surface area (Å²) in [7, 11) is 0.210. The van der Waals surface area contributed by atoms with Crippen LogP contribution in [-0.2, 0) is 10.0 Å². The van der Waals surface area contributed by atoms with Crippen LogP contribution in [0.2, 0.25) is 0 Å². The van der Waals surface area contributed by atoms with Crippen molar-refractivity contribution in [3.8, 4) is 5.75 Å². The van der Waals surface area contributed by atoms with E-state index >= 15 is 0 Å². The molecule has 7 heteroatoms. The average molecular weight is 378 g/mol. The lowest BCUT2D eigenvalue weighted by Gasteiger charge is -2.34. The second-order valence-electron chi connectivity index (χ2n) is 7.15. The lowest BCUT2D eigenvalue weighted by atomic mass is 9.96. The summed E-state index contributed by atoms with van der Waals surface area (Å²) < 4.78 is 30.0. The first-order valence-corrected chi connectivity index (χ1v) is 10.7. The molecule has 1 aromatic heterocycles. The number of benzene rings is 1. The Hall–Kier alpha value is -1.86. The minimum absolute atomic E-state index is 0.396. The van der Waals surface area contributed by atoms with Gasteiger partial charge in [-0.05, 0) is 49.4 Å². The van der Waals surface area contributed by atoms with Crippen LogP contribution in [0.15, 0.2) is 24.3 Å². The highest BCUT2D eigenvalue weighted by Crippen LogP contribution is 2.28. The van der Waals surface area contributed by atoms with Gasteiger partial charge in [0.05, 0.1) is 18.9 Å². The Balaban J connectivity index is 1.73. The van der Waals surface area contributed by atoms with E-state index in [0.717, 1.165) is 48.4 Å². The van der Waals surface area contributed by atoms with Gasteiger partial charge in [-0.15, -0.1) is 0 Å². The van der Waals surface area contributed by atoms with Gasteiger partial charge in [-0.3, -0.25) is 0 Å². The number of anilines is 1. The number of ether oxygens (including phenoxy) is 1. The minimum atomic E-state index is -3.11. The van der Waals surface area contributed by atoms with Gasteiger partial charge in [-0.2, -0.15) is 0 Å². The van der Waals surface area contributed by atoms with Crippen LogP contribution < -0.4 is 9.64 Å². The highest BCUT2D eigenvalue weighted by molar-refractivity contribution is 7.88. The van der Waals surface area contributed by atoms with Crippen LogP contribution in [0, 0.1) is 12.8 Å². The van der Waals surface area contributed by atoms with Crippen molar-refractivity contribution >= 4 is 26.7 Å². The van der Waals surface area contributed by atoms with Crippen molar-refractivity contribution < 1.29 is 13.2 Å². The van der Waals surface area contributed by atoms with Crippen molar-refractivity contribution in [2.24, 2.45) is 5.92 Å². The zero-order valence-corrected chi connectivity index (χ0v) is 16.7. The van der Waals surface area contributed by atoms with Crippen molar-refractivity contribution in [3.63, 3.8) is 0 Å². The fourth-order valence-corrected chi connectivity index (χ4v) is 3.98. The molecule has 0 spiro atoms. The summed E-state index contributed by atoms with van der Waals surface area (Å²) in [6.07, 6.45) is 3.20. The third-order valence-corrected chi connectivity index (χ3v) is 6.51. The number of hydrogen-bond donors (Lipinski definition) is 0. The minimum Gasteiger partial charge on any atom is -0.497 e. The van der Waals surface area contributed by atoms with Crippen LogP contribution in [0.5, 0.6) is 5.75 Å². The van der Waals surface area contributed by atoms with E-state index in [0.29, 0.717) is 12.5 Å². The lowest BCUT2D eigenvalue weighted by molar-refractivity contribution is 0.328. The normalized spacial score (nSPS) is 16.4. The Labute approximate surface area is 155 Å². The van der Waals surface area contributed by atoms with Crippen molar-refractivity contribution in [1.82, 2.24) is 9.29 Å². The van der Waals surface area contributed by atoms with Crippen molar-refractivity contribution in [3.05, 3.63) is 29.8 Å². The molecule has 0 radical (unpaired) electrons. The first kappa shape index (κ1) is 18.9. The second-order valence-corrected chi connectivity index (χ2v) is 9.24. The molecule has 2 aromatic rings. The zero-order valence-electron chi connectivity index (χ0n) is 15.9. The molecule has 26 heavy (non-hydrogen) atoms. The highest BCUT2D eigenvalue weighted by atomic mass is 32.2. The van der Waals surface area contributed by atoms with E-state index in [1.165, 1.54) is 16.1 Å². The van der Waals surface area contributed by atoms with E-state index in [2.05, 4.69) is 17.9 Å². The average Bonchev–Trinajstić information content (AvgIpc) is 2.61. The SMILES string of the molecule is COc1ccc2c(C)cc(N3CCC(CN(C)S(C)(=O)=O)CC3)nc2c1. The summed E-state index contributed by atoms with van der Waals surface area (Å²) in [6, 6.07) is 8.12. The standard InChI is InChI=1S/C19H27N3O3S/c1-14-11-19(20-18-12-16(25-3)5-6-17(14)18)22-9-7-15(8-10-22)13-21(2)26(4,23)24/h5-6,11-12,15H,7-10,13H2,1-4H3. The van der Waals surface area contributed by atoms with Gasteiger partial charge in [0.15, 0.2) is 0 Å². The predicted molar refractivity (Wildman–Crippen MR) is 105 cm³/mol. The molecule has 0 bridgehead atoms. The number of sulfonamides is 1. The summed E-state index contributed by atoms with van der Waals surface area (Å²) >= 11 is 0. The fraction of sp³-hybridized carbons (Fsp3) is 0.526. The Morgan fingerprint density at radius 2 is 1.96 bits per heavy atom. The number of hydrogen-bond acceptors (Lipinski definition) is 5. The second kappa shape index (κ2) is 7.40. The summed E-state index contributed by atoms with van der Waals surface area (Å²) in [5, 5.41) is 1.14. The van der Waals surface area contributed by atoms with Gasteiger partial charge in [0.25, 0.3) is 0 Å². The van der Waals surface area contributed by atoms with Crippen LogP contribution in [0.4, 0.5) is 5.82 Å². The van der Waals surface area contributed by atoms with Gasteiger partial charge in [-0.1, -0.05) is 0 Å². The zero-order chi connectivity index (χ0) is 18.9. The molecule has 0 N–H and O–H groups in total. The number of methoxy groups -OCH3 is 1. The van der Waals surface area contributed by atoms with Crippen LogP contribution >= 0.6 is 0 Å². The number of rotatable bonds is 5. The van der Waals surface area contributed by atoms with E-state index in [1.54, 1.807) is 14.2 Å². The van der Waals surface area contributed by atoms with Crippen LogP contribution in [0.1, 0.15) is 18.4 Å². The van der Waals surface area contributed by atoms with E-state index in [-0.39, 0.29) is 0 Å². The summed E-state index contributed by atoms with van der Waals surface area (Å²) in [5.41, 5.74) is 2.14. The molecule has 3 rings (SSSR count). The molecule has 0 atom stereocenters. The number of aryl methyl sites for hydroxylation is 1. The molecule has 142 valence electrons. The summed E-state index contributed by atoms with van der Waals surface area (Å²) in [6.45, 7) is 4.48. The molecule has 2 heterocycles. The summed E-state index contributed by atoms with van der Waals surface area (Å²) in [4.78, 5) is 7.13. The maximum Gasteiger partial charge on any atom is 0.210 e. The summed E-state index contributed by atoms with van der Waals surface area (Å²) in [5.74, 6) is 2.19. The molecule has 0 amide bonds. The molecule has 0 unspecified atom stereocenters. The first-order chi connectivity index (χ1) is 12.3. The smallest absolute Gasteiger partial charge is 0.210 e. The Morgan fingerprint density at radius 3 is 2.58 bits per heavy atom. The van der Waals surface area contributed by atoms with E-state index in [9.17, 15) is 8.42 Å². The first-order valence-electron chi connectivity index (χ1n) is 8.89. The molecular formula is C19H27N3O3S. The maximum atomic E-state index is 11.6. The molecule has 6 nitrogen and oxygen atoms in total. The largest absolute Gasteiger partial charge is 0.497 e. The van der Waals surface area contributed by atoms with Crippen LogP contribution in [0.3, 0.4) is 0 Å². The number of nitrogens with zero attached hydrogens (tertiary/aromatic N) is 3. The predicted octanol–water partition coefficient (Wildman–Crippen LogP) is 2.66. The fourth-order valence-electron chi connectivity index (χ4n) is 3.50. The number of aromatic nitrogens is 1. The number of piperidine rings is 1. The van der Waals surface area contributed by atoms with Gasteiger partial charge in [-0.25, -0.2) is 17.7 Å². The third kappa shape index (κ3) is 4.10.